The van der Waals surface area contributed by atoms with E-state index in [1.165, 1.54) is 17.0 Å². The SMILES string of the molecule is Cc1cccc(NC(=O)N(C)Cc2ccc(C(F)(F)F)cc2)c1. The third-order valence-electron chi connectivity index (χ3n) is 3.32. The molecule has 2 rings (SSSR count). The Morgan fingerprint density at radius 1 is 1.13 bits per heavy atom. The van der Waals surface area contributed by atoms with Crippen LogP contribution in [0, 0.1) is 6.92 Å². The van der Waals surface area contributed by atoms with Gasteiger partial charge in [0.1, 0.15) is 0 Å². The van der Waals surface area contributed by atoms with E-state index in [2.05, 4.69) is 5.32 Å². The van der Waals surface area contributed by atoms with E-state index in [0.29, 0.717) is 11.3 Å². The zero-order valence-corrected chi connectivity index (χ0v) is 12.8. The van der Waals surface area contributed by atoms with Gasteiger partial charge >= 0.3 is 12.2 Å². The fourth-order valence-electron chi connectivity index (χ4n) is 2.09. The highest BCUT2D eigenvalue weighted by Crippen LogP contribution is 2.29. The van der Waals surface area contributed by atoms with Crippen LogP contribution in [0.2, 0.25) is 0 Å². The molecule has 0 aliphatic heterocycles. The molecule has 0 saturated heterocycles. The summed E-state index contributed by atoms with van der Waals surface area (Å²) in [6.45, 7) is 2.14. The van der Waals surface area contributed by atoms with E-state index in [0.717, 1.165) is 17.7 Å². The number of carbonyl (C=O) groups excluding carboxylic acids is 1. The summed E-state index contributed by atoms with van der Waals surface area (Å²) in [7, 11) is 1.59. The van der Waals surface area contributed by atoms with Crippen LogP contribution in [0.1, 0.15) is 16.7 Å². The third-order valence-corrected chi connectivity index (χ3v) is 3.32. The first kappa shape index (κ1) is 16.9. The molecule has 0 atom stereocenters. The fourth-order valence-corrected chi connectivity index (χ4v) is 2.09. The first-order valence-corrected chi connectivity index (χ1v) is 7.00. The van der Waals surface area contributed by atoms with Gasteiger partial charge in [0.15, 0.2) is 0 Å². The molecule has 0 heterocycles. The quantitative estimate of drug-likeness (QED) is 0.874. The van der Waals surface area contributed by atoms with Crippen molar-refractivity contribution in [1.82, 2.24) is 4.90 Å². The predicted octanol–water partition coefficient (Wildman–Crippen LogP) is 4.68. The number of anilines is 1. The molecule has 0 unspecified atom stereocenters. The molecule has 6 heteroatoms. The van der Waals surface area contributed by atoms with Gasteiger partial charge in [-0.05, 0) is 42.3 Å². The molecule has 3 nitrogen and oxygen atoms in total. The van der Waals surface area contributed by atoms with Crippen LogP contribution in [-0.2, 0) is 12.7 Å². The lowest BCUT2D eigenvalue weighted by Crippen LogP contribution is -2.30. The van der Waals surface area contributed by atoms with Gasteiger partial charge < -0.3 is 10.2 Å². The molecule has 23 heavy (non-hydrogen) atoms. The summed E-state index contributed by atoms with van der Waals surface area (Å²) in [5.41, 5.74) is 1.62. The Balaban J connectivity index is 1.98. The van der Waals surface area contributed by atoms with Gasteiger partial charge in [-0.25, -0.2) is 4.79 Å². The molecule has 0 spiro atoms. The smallest absolute Gasteiger partial charge is 0.323 e. The zero-order valence-electron chi connectivity index (χ0n) is 12.8. The molecule has 2 aromatic rings. The molecule has 0 fully saturated rings. The van der Waals surface area contributed by atoms with Gasteiger partial charge in [0, 0.05) is 19.3 Å². The highest BCUT2D eigenvalue weighted by molar-refractivity contribution is 5.89. The monoisotopic (exact) mass is 322 g/mol. The minimum atomic E-state index is -4.35. The largest absolute Gasteiger partial charge is 0.416 e. The third kappa shape index (κ3) is 4.74. The van der Waals surface area contributed by atoms with Crippen molar-refractivity contribution in [2.45, 2.75) is 19.6 Å². The first-order valence-electron chi connectivity index (χ1n) is 7.00. The Kier molecular flexibility index (Phi) is 4.93. The number of alkyl halides is 3. The lowest BCUT2D eigenvalue weighted by atomic mass is 10.1. The van der Waals surface area contributed by atoms with Crippen LogP contribution in [-0.4, -0.2) is 18.0 Å². The highest BCUT2D eigenvalue weighted by atomic mass is 19.4. The molecule has 0 radical (unpaired) electrons. The van der Waals surface area contributed by atoms with E-state index in [1.807, 2.05) is 25.1 Å². The van der Waals surface area contributed by atoms with Crippen molar-refractivity contribution in [3.8, 4) is 0 Å². The molecule has 0 aliphatic carbocycles. The number of nitrogens with zero attached hydrogens (tertiary/aromatic N) is 1. The summed E-state index contributed by atoms with van der Waals surface area (Å²) in [6.07, 6.45) is -4.35. The highest BCUT2D eigenvalue weighted by Gasteiger charge is 2.29. The normalized spacial score (nSPS) is 11.2. The van der Waals surface area contributed by atoms with Crippen LogP contribution < -0.4 is 5.32 Å². The molecule has 0 saturated carbocycles. The molecule has 0 aromatic heterocycles. The predicted molar refractivity (Wildman–Crippen MR) is 83.1 cm³/mol. The van der Waals surface area contributed by atoms with E-state index in [9.17, 15) is 18.0 Å². The number of urea groups is 1. The number of halogens is 3. The van der Waals surface area contributed by atoms with Gasteiger partial charge in [-0.1, -0.05) is 24.3 Å². The minimum absolute atomic E-state index is 0.218. The van der Waals surface area contributed by atoms with Crippen molar-refractivity contribution in [2.24, 2.45) is 0 Å². The van der Waals surface area contributed by atoms with Crippen LogP contribution in [0.5, 0.6) is 0 Å². The zero-order chi connectivity index (χ0) is 17.0. The van der Waals surface area contributed by atoms with Crippen molar-refractivity contribution in [3.63, 3.8) is 0 Å². The average Bonchev–Trinajstić information content (AvgIpc) is 2.46. The van der Waals surface area contributed by atoms with Crippen molar-refractivity contribution in [2.75, 3.05) is 12.4 Å². The number of amides is 2. The van der Waals surface area contributed by atoms with Gasteiger partial charge in [0.25, 0.3) is 0 Å². The van der Waals surface area contributed by atoms with Gasteiger partial charge in [-0.15, -0.1) is 0 Å². The van der Waals surface area contributed by atoms with Crippen LogP contribution in [0.3, 0.4) is 0 Å². The Bertz CT molecular complexity index is 681. The number of hydrogen-bond donors (Lipinski definition) is 1. The second-order valence-electron chi connectivity index (χ2n) is 5.35. The van der Waals surface area contributed by atoms with E-state index >= 15 is 0 Å². The number of benzene rings is 2. The van der Waals surface area contributed by atoms with E-state index < -0.39 is 11.7 Å². The maximum absolute atomic E-state index is 12.5. The van der Waals surface area contributed by atoms with Gasteiger partial charge in [0.2, 0.25) is 0 Å². The van der Waals surface area contributed by atoms with Crippen LogP contribution in [0.15, 0.2) is 48.5 Å². The molecule has 1 N–H and O–H groups in total. The Hall–Kier alpha value is -2.50. The summed E-state index contributed by atoms with van der Waals surface area (Å²) >= 11 is 0. The summed E-state index contributed by atoms with van der Waals surface area (Å²) in [6, 6.07) is 11.8. The number of carbonyl (C=O) groups is 1. The maximum Gasteiger partial charge on any atom is 0.416 e. The second kappa shape index (κ2) is 6.73. The topological polar surface area (TPSA) is 32.3 Å². The fraction of sp³-hybridized carbons (Fsp3) is 0.235. The molecule has 2 amide bonds. The first-order chi connectivity index (χ1) is 10.8. The second-order valence-corrected chi connectivity index (χ2v) is 5.35. The summed E-state index contributed by atoms with van der Waals surface area (Å²) in [5.74, 6) is 0. The Labute approximate surface area is 132 Å². The number of aryl methyl sites for hydroxylation is 1. The van der Waals surface area contributed by atoms with Crippen molar-refractivity contribution < 1.29 is 18.0 Å². The van der Waals surface area contributed by atoms with Crippen LogP contribution in [0.25, 0.3) is 0 Å². The van der Waals surface area contributed by atoms with E-state index in [1.54, 1.807) is 13.1 Å². The number of nitrogens with one attached hydrogen (secondary N) is 1. The Morgan fingerprint density at radius 2 is 1.78 bits per heavy atom. The van der Waals surface area contributed by atoms with Gasteiger partial charge in [-0.2, -0.15) is 13.2 Å². The average molecular weight is 322 g/mol. The van der Waals surface area contributed by atoms with Crippen molar-refractivity contribution >= 4 is 11.7 Å². The standard InChI is InChI=1S/C17H17F3N2O/c1-12-4-3-5-15(10-12)21-16(23)22(2)11-13-6-8-14(9-7-13)17(18,19)20/h3-10H,11H2,1-2H3,(H,21,23). The molecule has 2 aromatic carbocycles. The molecular formula is C17H17F3N2O. The molecule has 122 valence electrons. The molecule has 0 aliphatic rings. The number of rotatable bonds is 3. The van der Waals surface area contributed by atoms with Crippen LogP contribution in [0.4, 0.5) is 23.7 Å². The maximum atomic E-state index is 12.5. The van der Waals surface area contributed by atoms with E-state index in [4.69, 9.17) is 0 Å². The minimum Gasteiger partial charge on any atom is -0.323 e. The van der Waals surface area contributed by atoms with E-state index in [-0.39, 0.29) is 12.6 Å². The summed E-state index contributed by atoms with van der Waals surface area (Å²) in [4.78, 5) is 13.5. The Morgan fingerprint density at radius 3 is 2.35 bits per heavy atom. The lowest BCUT2D eigenvalue weighted by Gasteiger charge is -2.18. The lowest BCUT2D eigenvalue weighted by molar-refractivity contribution is -0.137. The van der Waals surface area contributed by atoms with Gasteiger partial charge in [-0.3, -0.25) is 0 Å². The summed E-state index contributed by atoms with van der Waals surface area (Å²) in [5, 5.41) is 2.75. The summed E-state index contributed by atoms with van der Waals surface area (Å²) < 4.78 is 37.5. The van der Waals surface area contributed by atoms with Crippen molar-refractivity contribution in [3.05, 3.63) is 65.2 Å². The number of hydrogen-bond acceptors (Lipinski definition) is 1. The molecule has 0 bridgehead atoms. The van der Waals surface area contributed by atoms with Crippen LogP contribution >= 0.6 is 0 Å². The van der Waals surface area contributed by atoms with Gasteiger partial charge in [0.05, 0.1) is 5.56 Å². The van der Waals surface area contributed by atoms with Crippen molar-refractivity contribution in [1.29, 1.82) is 0 Å². The molecular weight excluding hydrogens is 305 g/mol.